The van der Waals surface area contributed by atoms with E-state index in [1.54, 1.807) is 12.1 Å². The highest BCUT2D eigenvalue weighted by Crippen LogP contribution is 2.29. The van der Waals surface area contributed by atoms with Crippen molar-refractivity contribution in [1.82, 2.24) is 30.5 Å². The molecule has 0 bridgehead atoms. The van der Waals surface area contributed by atoms with Gasteiger partial charge in [0.1, 0.15) is 6.04 Å². The number of carbonyl (C=O) groups excluding carboxylic acids is 4. The third-order valence-electron chi connectivity index (χ3n) is 6.66. The summed E-state index contributed by atoms with van der Waals surface area (Å²) in [6, 6.07) is 4.65. The van der Waals surface area contributed by atoms with Gasteiger partial charge in [0, 0.05) is 31.2 Å². The van der Waals surface area contributed by atoms with Gasteiger partial charge in [-0.25, -0.2) is 4.68 Å². The molecule has 4 amide bonds. The molecule has 4 heterocycles. The van der Waals surface area contributed by atoms with Crippen molar-refractivity contribution in [2.24, 2.45) is 0 Å². The number of benzene rings is 1. The second-order valence-corrected chi connectivity index (χ2v) is 8.89. The molecule has 0 spiro atoms. The Morgan fingerprint density at radius 3 is 2.91 bits per heavy atom. The van der Waals surface area contributed by atoms with Crippen LogP contribution in [0.3, 0.4) is 0 Å². The molecule has 2 fully saturated rings. The van der Waals surface area contributed by atoms with Gasteiger partial charge in [0.2, 0.25) is 11.8 Å². The van der Waals surface area contributed by atoms with Gasteiger partial charge < -0.3 is 15.0 Å². The number of aromatic nitrogens is 3. The Labute approximate surface area is 195 Å². The molecule has 0 saturated carbocycles. The molecule has 0 radical (unpaired) electrons. The third-order valence-corrected chi connectivity index (χ3v) is 6.66. The van der Waals surface area contributed by atoms with E-state index in [9.17, 15) is 19.2 Å². The number of imide groups is 1. The smallest absolute Gasteiger partial charge is 0.273 e. The molecule has 3 aliphatic rings. The summed E-state index contributed by atoms with van der Waals surface area (Å²) in [5, 5.41) is 13.4. The normalized spacial score (nSPS) is 24.7. The van der Waals surface area contributed by atoms with Gasteiger partial charge in [-0.05, 0) is 43.4 Å². The molecule has 2 N–H and O–H groups in total. The van der Waals surface area contributed by atoms with Crippen LogP contribution in [0.25, 0.3) is 5.69 Å². The first-order chi connectivity index (χ1) is 16.4. The summed E-state index contributed by atoms with van der Waals surface area (Å²) in [5.74, 6) is -1.33. The Morgan fingerprint density at radius 1 is 1.26 bits per heavy atom. The van der Waals surface area contributed by atoms with E-state index < -0.39 is 11.9 Å². The molecule has 34 heavy (non-hydrogen) atoms. The minimum atomic E-state index is -0.666. The van der Waals surface area contributed by atoms with Crippen LogP contribution in [0.5, 0.6) is 0 Å². The lowest BCUT2D eigenvalue weighted by Gasteiger charge is -2.29. The monoisotopic (exact) mass is 466 g/mol. The van der Waals surface area contributed by atoms with Crippen molar-refractivity contribution in [1.29, 1.82) is 0 Å². The van der Waals surface area contributed by atoms with E-state index in [1.165, 1.54) is 15.8 Å². The van der Waals surface area contributed by atoms with Gasteiger partial charge in [-0.2, -0.15) is 0 Å². The van der Waals surface area contributed by atoms with Crippen LogP contribution in [0.1, 0.15) is 65.4 Å². The van der Waals surface area contributed by atoms with Crippen LogP contribution < -0.4 is 10.6 Å². The van der Waals surface area contributed by atoms with Crippen LogP contribution in [0.15, 0.2) is 24.4 Å². The van der Waals surface area contributed by atoms with E-state index in [0.717, 1.165) is 24.8 Å². The van der Waals surface area contributed by atoms with Gasteiger partial charge in [-0.1, -0.05) is 18.2 Å². The summed E-state index contributed by atoms with van der Waals surface area (Å²) in [6.07, 6.45) is 4.63. The maximum Gasteiger partial charge on any atom is 0.273 e. The average Bonchev–Trinajstić information content (AvgIpc) is 3.45. The van der Waals surface area contributed by atoms with E-state index >= 15 is 0 Å². The highest BCUT2D eigenvalue weighted by Gasteiger charge is 2.39. The zero-order chi connectivity index (χ0) is 23.8. The molecule has 5 rings (SSSR count). The zero-order valence-electron chi connectivity index (χ0n) is 18.8. The largest absolute Gasteiger partial charge is 0.378 e. The van der Waals surface area contributed by atoms with Gasteiger partial charge in [0.05, 0.1) is 18.0 Å². The fraction of sp³-hybridized carbons (Fsp3) is 0.478. The van der Waals surface area contributed by atoms with E-state index in [1.807, 2.05) is 6.07 Å². The molecule has 11 heteroatoms. The maximum absolute atomic E-state index is 13.0. The van der Waals surface area contributed by atoms with E-state index in [-0.39, 0.29) is 42.0 Å². The fourth-order valence-electron chi connectivity index (χ4n) is 4.73. The molecular weight excluding hydrogens is 440 g/mol. The van der Waals surface area contributed by atoms with E-state index in [0.29, 0.717) is 30.8 Å². The predicted octanol–water partition coefficient (Wildman–Crippen LogP) is 0.716. The van der Waals surface area contributed by atoms with Gasteiger partial charge in [0.25, 0.3) is 11.8 Å². The summed E-state index contributed by atoms with van der Waals surface area (Å²) in [4.78, 5) is 50.9. The quantitative estimate of drug-likeness (QED) is 0.620. The number of hydrogen-bond donors (Lipinski definition) is 2. The SMILES string of the molecule is CC[C@@H]1C[C@H](NC(=O)c2cn(-c3ccc4c(c3)C(=O)N(C3CCC(=O)NC3=O)C4)nn2)CCO1. The molecule has 2 saturated heterocycles. The highest BCUT2D eigenvalue weighted by atomic mass is 16.5. The molecule has 2 aromatic rings. The predicted molar refractivity (Wildman–Crippen MR) is 118 cm³/mol. The summed E-state index contributed by atoms with van der Waals surface area (Å²) in [6.45, 7) is 2.98. The van der Waals surface area contributed by atoms with Crippen LogP contribution in [0, 0.1) is 0 Å². The topological polar surface area (TPSA) is 136 Å². The van der Waals surface area contributed by atoms with E-state index in [4.69, 9.17) is 4.74 Å². The number of fused-ring (bicyclic) bond motifs is 1. The molecule has 178 valence electrons. The maximum atomic E-state index is 13.0. The summed E-state index contributed by atoms with van der Waals surface area (Å²) in [5.41, 5.74) is 2.04. The summed E-state index contributed by atoms with van der Waals surface area (Å²) in [7, 11) is 0. The average molecular weight is 466 g/mol. The molecule has 3 aliphatic heterocycles. The van der Waals surface area contributed by atoms with Gasteiger partial charge in [0.15, 0.2) is 5.69 Å². The van der Waals surface area contributed by atoms with Crippen LogP contribution in [-0.2, 0) is 20.9 Å². The third kappa shape index (κ3) is 4.18. The standard InChI is InChI=1S/C23H26N6O5/c1-2-16-9-14(7-8-34-16)24-21(31)18-12-29(27-26-18)15-4-3-13-11-28(23(33)17(13)10-15)19-5-6-20(30)25-22(19)32/h3-4,10,12,14,16,19H,2,5-9,11H2,1H3,(H,24,31)(H,25,30,32)/t14-,16-,19?/m1/s1. The Bertz CT molecular complexity index is 1160. The van der Waals surface area contributed by atoms with Crippen molar-refractivity contribution in [2.75, 3.05) is 6.61 Å². The summed E-state index contributed by atoms with van der Waals surface area (Å²) < 4.78 is 7.11. The first-order valence-corrected chi connectivity index (χ1v) is 11.6. The van der Waals surface area contributed by atoms with Crippen molar-refractivity contribution in [3.05, 3.63) is 41.2 Å². The number of hydrogen-bond acceptors (Lipinski definition) is 7. The Balaban J connectivity index is 1.28. The van der Waals surface area contributed by atoms with Crippen molar-refractivity contribution < 1.29 is 23.9 Å². The molecule has 0 aliphatic carbocycles. The van der Waals surface area contributed by atoms with Crippen molar-refractivity contribution in [2.45, 2.75) is 63.8 Å². The number of ether oxygens (including phenoxy) is 1. The minimum absolute atomic E-state index is 0.0345. The highest BCUT2D eigenvalue weighted by molar-refractivity contribution is 6.05. The summed E-state index contributed by atoms with van der Waals surface area (Å²) >= 11 is 0. The molecule has 1 aromatic carbocycles. The fourth-order valence-corrected chi connectivity index (χ4v) is 4.73. The second kappa shape index (κ2) is 8.98. The lowest BCUT2D eigenvalue weighted by Crippen LogP contribution is -2.52. The van der Waals surface area contributed by atoms with Gasteiger partial charge in [-0.15, -0.1) is 5.10 Å². The number of piperidine rings is 1. The van der Waals surface area contributed by atoms with Crippen LogP contribution in [0.4, 0.5) is 0 Å². The molecule has 1 aromatic heterocycles. The Hall–Kier alpha value is -3.60. The lowest BCUT2D eigenvalue weighted by molar-refractivity contribution is -0.136. The van der Waals surface area contributed by atoms with Crippen LogP contribution in [0.2, 0.25) is 0 Å². The molecule has 11 nitrogen and oxygen atoms in total. The Kier molecular flexibility index (Phi) is 5.86. The van der Waals surface area contributed by atoms with E-state index in [2.05, 4.69) is 27.9 Å². The Morgan fingerprint density at radius 2 is 2.12 bits per heavy atom. The number of rotatable bonds is 5. The first-order valence-electron chi connectivity index (χ1n) is 11.6. The zero-order valence-corrected chi connectivity index (χ0v) is 18.8. The van der Waals surface area contributed by atoms with Gasteiger partial charge >= 0.3 is 0 Å². The van der Waals surface area contributed by atoms with Crippen molar-refractivity contribution >= 4 is 23.6 Å². The van der Waals surface area contributed by atoms with Crippen LogP contribution >= 0.6 is 0 Å². The number of nitrogens with one attached hydrogen (secondary N) is 2. The van der Waals surface area contributed by atoms with Gasteiger partial charge in [-0.3, -0.25) is 24.5 Å². The lowest BCUT2D eigenvalue weighted by atomic mass is 10.0. The van der Waals surface area contributed by atoms with Crippen LogP contribution in [-0.4, -0.2) is 68.3 Å². The second-order valence-electron chi connectivity index (χ2n) is 8.89. The first kappa shape index (κ1) is 22.2. The number of carbonyl (C=O) groups is 4. The number of amides is 4. The minimum Gasteiger partial charge on any atom is -0.378 e. The molecule has 1 unspecified atom stereocenters. The molecular formula is C23H26N6O5. The van der Waals surface area contributed by atoms with Crippen molar-refractivity contribution in [3.63, 3.8) is 0 Å². The molecule has 3 atom stereocenters. The number of nitrogens with zero attached hydrogens (tertiary/aromatic N) is 4. The van der Waals surface area contributed by atoms with Crippen molar-refractivity contribution in [3.8, 4) is 5.69 Å².